The third-order valence-electron chi connectivity index (χ3n) is 13.7. The van der Waals surface area contributed by atoms with Crippen molar-refractivity contribution < 1.29 is 25.8 Å². The van der Waals surface area contributed by atoms with Gasteiger partial charge in [0.25, 0.3) is 0 Å². The number of nitrogens with zero attached hydrogens (tertiary/aromatic N) is 3. The molecule has 3 aliphatic rings. The van der Waals surface area contributed by atoms with Crippen molar-refractivity contribution in [2.45, 2.75) is 89.4 Å². The Morgan fingerprint density at radius 1 is 0.685 bits per heavy atom. The van der Waals surface area contributed by atoms with E-state index in [2.05, 4.69) is 123 Å². The number of rotatable bonds is 5. The van der Waals surface area contributed by atoms with Gasteiger partial charge < -0.3 is 9.30 Å². The summed E-state index contributed by atoms with van der Waals surface area (Å²) < 4.78 is 8.73. The van der Waals surface area contributed by atoms with Crippen molar-refractivity contribution in [3.05, 3.63) is 149 Å². The first-order chi connectivity index (χ1) is 25.7. The number of pyridine rings is 2. The molecular weight excluding hydrogens is 842 g/mol. The van der Waals surface area contributed by atoms with Crippen LogP contribution in [-0.4, -0.2) is 14.5 Å². The maximum atomic E-state index is 6.52. The van der Waals surface area contributed by atoms with E-state index in [4.69, 9.17) is 14.7 Å². The zero-order valence-electron chi connectivity index (χ0n) is 31.5. The van der Waals surface area contributed by atoms with Gasteiger partial charge in [-0.05, 0) is 88.1 Å². The van der Waals surface area contributed by atoms with Gasteiger partial charge in [0, 0.05) is 16.8 Å². The summed E-state index contributed by atoms with van der Waals surface area (Å²) >= 11 is 0. The molecule has 4 aromatic carbocycles. The molecule has 7 aromatic rings. The predicted molar refractivity (Wildman–Crippen MR) is 214 cm³/mol. The molecule has 54 heavy (non-hydrogen) atoms. The van der Waals surface area contributed by atoms with Crippen LogP contribution in [0, 0.1) is 17.5 Å². The van der Waals surface area contributed by atoms with Gasteiger partial charge in [-0.25, -0.2) is 0 Å². The zero-order valence-corrected chi connectivity index (χ0v) is 33.8. The molecule has 0 amide bonds. The van der Waals surface area contributed by atoms with Crippen LogP contribution in [0.3, 0.4) is 0 Å². The summed E-state index contributed by atoms with van der Waals surface area (Å²) in [5.74, 6) is 1.67. The molecule has 5 heteroatoms. The quantitative estimate of drug-likeness (QED) is 0.162. The fourth-order valence-corrected chi connectivity index (χ4v) is 10.7. The van der Waals surface area contributed by atoms with Crippen LogP contribution in [0.4, 0.5) is 0 Å². The third-order valence-corrected chi connectivity index (χ3v) is 13.7. The molecule has 1 saturated carbocycles. The van der Waals surface area contributed by atoms with E-state index in [1.54, 1.807) is 0 Å². The van der Waals surface area contributed by atoms with Gasteiger partial charge in [0.2, 0.25) is 11.8 Å². The largest absolute Gasteiger partial charge is 2.00 e. The second-order valence-corrected chi connectivity index (χ2v) is 16.8. The molecule has 0 aliphatic heterocycles. The minimum Gasteiger partial charge on any atom is -0.421 e. The van der Waals surface area contributed by atoms with Crippen LogP contribution in [0.25, 0.3) is 38.9 Å². The number of hydrogen-bond acceptors (Lipinski definition) is 3. The van der Waals surface area contributed by atoms with E-state index in [0.717, 1.165) is 46.3 Å². The summed E-state index contributed by atoms with van der Waals surface area (Å²) in [7, 11) is 0. The van der Waals surface area contributed by atoms with Gasteiger partial charge in [-0.3, -0.25) is 4.98 Å². The van der Waals surface area contributed by atoms with Crippen molar-refractivity contribution in [1.82, 2.24) is 14.5 Å². The first-order valence-corrected chi connectivity index (χ1v) is 19.5. The Bertz CT molecular complexity index is 2510. The molecule has 3 aromatic heterocycles. The maximum absolute atomic E-state index is 6.52. The molecule has 0 saturated heterocycles. The second kappa shape index (κ2) is 13.1. The molecular formula is C49H45N3OPt. The Labute approximate surface area is 333 Å². The molecule has 0 radical (unpaired) electrons. The summed E-state index contributed by atoms with van der Waals surface area (Å²) in [5.41, 5.74) is 12.2. The van der Waals surface area contributed by atoms with Crippen LogP contribution >= 0.6 is 0 Å². The third kappa shape index (κ3) is 5.19. The Morgan fingerprint density at radius 2 is 1.44 bits per heavy atom. The summed E-state index contributed by atoms with van der Waals surface area (Å²) in [6.07, 6.45) is 8.55. The van der Waals surface area contributed by atoms with Crippen LogP contribution in [0.2, 0.25) is 0 Å². The van der Waals surface area contributed by atoms with Gasteiger partial charge in [0.1, 0.15) is 5.65 Å². The van der Waals surface area contributed by atoms with Gasteiger partial charge in [-0.15, -0.1) is 41.0 Å². The first kappa shape index (κ1) is 35.2. The van der Waals surface area contributed by atoms with E-state index in [9.17, 15) is 0 Å². The fraction of sp³-hybridized carbons (Fsp3) is 0.306. The number of ether oxygens (including phenoxy) is 1. The van der Waals surface area contributed by atoms with Crippen molar-refractivity contribution >= 4 is 21.9 Å². The Balaban J connectivity index is 0.00000384. The zero-order chi connectivity index (χ0) is 36.0. The minimum atomic E-state index is 0. The molecule has 10 rings (SSSR count). The monoisotopic (exact) mass is 886 g/mol. The number of fused-ring (bicyclic) bond motifs is 5. The maximum Gasteiger partial charge on any atom is 2.00 e. The number of aromatic nitrogens is 3. The van der Waals surface area contributed by atoms with E-state index in [-0.39, 0.29) is 37.3 Å². The van der Waals surface area contributed by atoms with Gasteiger partial charge in [0.15, 0.2) is 0 Å². The SMILES string of the molecule is CC1(C)c2ccccc2C(C)(C)C12Cc1cc[c-]c(-c3cccc(Oc4ccc5c6cc(C7CCCCC7)ccc6n(-c6[c-]cccc6)c5n4)n3)c1C2.[Pt+2]. The molecule has 3 heterocycles. The summed E-state index contributed by atoms with van der Waals surface area (Å²) in [6.45, 7) is 9.82. The molecule has 0 atom stereocenters. The average molecular weight is 887 g/mol. The van der Waals surface area contributed by atoms with Gasteiger partial charge in [-0.2, -0.15) is 29.2 Å². The molecule has 0 N–H and O–H groups in total. The molecule has 4 nitrogen and oxygen atoms in total. The number of para-hydroxylation sites is 1. The predicted octanol–water partition coefficient (Wildman–Crippen LogP) is 12.0. The Hall–Kier alpha value is -4.53. The van der Waals surface area contributed by atoms with E-state index in [0.29, 0.717) is 17.7 Å². The standard InChI is InChI=1S/C49H45N3O.Pt/c1-47(2)40-21-11-12-22-41(40)48(3,4)49(47)30-34-17-13-20-36(39(34)31-49)42-23-14-24-44(50-42)53-45-28-26-37-38-29-33(32-15-7-5-8-16-32)25-27-43(38)52(46(37)51-45)35-18-9-6-10-19-35;/h6,9-14,17-18,21-29,32H,5,7-8,15-16,30-31H2,1-4H3;/q-2;+2. The van der Waals surface area contributed by atoms with Crippen molar-refractivity contribution in [2.75, 3.05) is 0 Å². The van der Waals surface area contributed by atoms with Crippen molar-refractivity contribution in [1.29, 1.82) is 0 Å². The first-order valence-electron chi connectivity index (χ1n) is 19.5. The van der Waals surface area contributed by atoms with Crippen LogP contribution < -0.4 is 4.74 Å². The second-order valence-electron chi connectivity index (χ2n) is 16.8. The number of benzene rings is 4. The smallest absolute Gasteiger partial charge is 0.421 e. The summed E-state index contributed by atoms with van der Waals surface area (Å²) in [6, 6.07) is 45.9. The topological polar surface area (TPSA) is 39.9 Å². The van der Waals surface area contributed by atoms with Gasteiger partial charge in [0.05, 0.1) is 5.52 Å². The minimum absolute atomic E-state index is 0. The summed E-state index contributed by atoms with van der Waals surface area (Å²) in [5, 5.41) is 2.34. The van der Waals surface area contributed by atoms with Crippen LogP contribution in [0.5, 0.6) is 11.8 Å². The van der Waals surface area contributed by atoms with Crippen LogP contribution in [0.15, 0.2) is 109 Å². The Kier molecular flexibility index (Phi) is 8.51. The van der Waals surface area contributed by atoms with E-state index < -0.39 is 0 Å². The molecule has 0 unspecified atom stereocenters. The van der Waals surface area contributed by atoms with E-state index >= 15 is 0 Å². The molecule has 0 bridgehead atoms. The molecule has 3 aliphatic carbocycles. The molecule has 1 spiro atoms. The van der Waals surface area contributed by atoms with Crippen molar-refractivity contribution in [2.24, 2.45) is 5.41 Å². The number of hydrogen-bond donors (Lipinski definition) is 0. The van der Waals surface area contributed by atoms with Crippen molar-refractivity contribution in [3.8, 4) is 28.7 Å². The summed E-state index contributed by atoms with van der Waals surface area (Å²) in [4.78, 5) is 10.3. The van der Waals surface area contributed by atoms with Gasteiger partial charge in [-0.1, -0.05) is 102 Å². The van der Waals surface area contributed by atoms with Crippen LogP contribution in [0.1, 0.15) is 93.5 Å². The van der Waals surface area contributed by atoms with E-state index in [1.165, 1.54) is 65.3 Å². The van der Waals surface area contributed by atoms with Crippen molar-refractivity contribution in [3.63, 3.8) is 0 Å². The van der Waals surface area contributed by atoms with E-state index in [1.807, 2.05) is 30.3 Å². The average Bonchev–Trinajstić information content (AvgIpc) is 3.79. The van der Waals surface area contributed by atoms with Gasteiger partial charge >= 0.3 is 21.1 Å². The fourth-order valence-electron chi connectivity index (χ4n) is 10.7. The normalized spacial score (nSPS) is 18.1. The molecule has 272 valence electrons. The van der Waals surface area contributed by atoms with Crippen LogP contribution in [-0.2, 0) is 44.7 Å². The Morgan fingerprint density at radius 3 is 2.20 bits per heavy atom. The molecule has 1 fully saturated rings.